The van der Waals surface area contributed by atoms with Crippen LogP contribution in [0.1, 0.15) is 43.0 Å². The lowest BCUT2D eigenvalue weighted by Gasteiger charge is -2.15. The number of carboxylic acids is 2. The van der Waals surface area contributed by atoms with E-state index in [0.29, 0.717) is 21.2 Å². The molecule has 12 nitrogen and oxygen atoms in total. The van der Waals surface area contributed by atoms with Crippen LogP contribution in [0.2, 0.25) is 5.02 Å². The molecule has 2 amide bonds. The maximum atomic E-state index is 12.8. The van der Waals surface area contributed by atoms with Gasteiger partial charge in [-0.2, -0.15) is 0 Å². The molecule has 5 aromatic carbocycles. The van der Waals surface area contributed by atoms with E-state index in [0.717, 1.165) is 32.9 Å². The molecule has 0 aliphatic rings. The van der Waals surface area contributed by atoms with Crippen LogP contribution in [0.25, 0.3) is 21.8 Å². The number of hydrogen-bond donors (Lipinski definition) is 7. The van der Waals surface area contributed by atoms with E-state index in [2.05, 4.69) is 36.5 Å². The lowest BCUT2D eigenvalue weighted by atomic mass is 10.0. The number of ketones is 1. The largest absolute Gasteiger partial charge is 0.508 e. The van der Waals surface area contributed by atoms with E-state index >= 15 is 0 Å². The number of Topliss-reactive ketones (excluding diaryl/α,β-unsaturated/α-hetero) is 1. The fourth-order valence-electron chi connectivity index (χ4n) is 6.60. The van der Waals surface area contributed by atoms with Gasteiger partial charge < -0.3 is 35.9 Å². The monoisotopic (exact) mass is 876 g/mol. The highest BCUT2D eigenvalue weighted by atomic mass is 79.9. The Labute approximate surface area is 351 Å². The number of amides is 2. The number of phenolic OH excluding ortho intramolecular Hbond substituents is 1. The first-order chi connectivity index (χ1) is 28.4. The van der Waals surface area contributed by atoms with Crippen molar-refractivity contribution in [2.24, 2.45) is 0 Å². The number of halogens is 2. The summed E-state index contributed by atoms with van der Waals surface area (Å²) >= 11 is 9.62. The molecule has 0 saturated carbocycles. The Kier molecular flexibility index (Phi) is 13.6. The van der Waals surface area contributed by atoms with Crippen LogP contribution in [0.3, 0.4) is 0 Å². The summed E-state index contributed by atoms with van der Waals surface area (Å²) in [5.41, 5.74) is 5.32. The first kappa shape index (κ1) is 41.9. The van der Waals surface area contributed by atoms with Crippen molar-refractivity contribution in [1.29, 1.82) is 0 Å². The Morgan fingerprint density at radius 1 is 0.610 bits per heavy atom. The molecule has 300 valence electrons. The third-order valence-electron chi connectivity index (χ3n) is 9.51. The molecular weight excluding hydrogens is 840 g/mol. The van der Waals surface area contributed by atoms with Crippen molar-refractivity contribution in [2.75, 3.05) is 0 Å². The van der Waals surface area contributed by atoms with E-state index in [1.165, 1.54) is 24.3 Å². The van der Waals surface area contributed by atoms with Crippen LogP contribution in [0.5, 0.6) is 5.75 Å². The number of para-hydroxylation sites is 2. The Bertz CT molecular complexity index is 2670. The van der Waals surface area contributed by atoms with Crippen LogP contribution >= 0.6 is 27.5 Å². The van der Waals surface area contributed by atoms with Crippen molar-refractivity contribution < 1.29 is 39.3 Å². The van der Waals surface area contributed by atoms with Gasteiger partial charge in [-0.05, 0) is 86.7 Å². The average molecular weight is 878 g/mol. The average Bonchev–Trinajstić information content (AvgIpc) is 3.81. The molecule has 7 rings (SSSR count). The number of H-pyrrole nitrogens is 2. The number of aromatic nitrogens is 2. The lowest BCUT2D eigenvalue weighted by Crippen LogP contribution is -2.42. The second kappa shape index (κ2) is 19.2. The highest BCUT2D eigenvalue weighted by Gasteiger charge is 2.25. The molecule has 0 aliphatic heterocycles. The van der Waals surface area contributed by atoms with Gasteiger partial charge in [-0.3, -0.25) is 14.4 Å². The van der Waals surface area contributed by atoms with E-state index < -0.39 is 35.8 Å². The summed E-state index contributed by atoms with van der Waals surface area (Å²) in [4.78, 5) is 67.2. The molecular formula is C45H38BrClN4O8. The van der Waals surface area contributed by atoms with Crippen molar-refractivity contribution in [1.82, 2.24) is 20.6 Å². The number of aliphatic carboxylic acids is 2. The van der Waals surface area contributed by atoms with Crippen molar-refractivity contribution >= 4 is 78.9 Å². The van der Waals surface area contributed by atoms with Crippen LogP contribution in [-0.4, -0.2) is 66.9 Å². The zero-order valence-electron chi connectivity index (χ0n) is 31.2. The highest BCUT2D eigenvalue weighted by Crippen LogP contribution is 2.23. The Hall–Kier alpha value is -6.70. The van der Waals surface area contributed by atoms with Gasteiger partial charge in [0.2, 0.25) is 0 Å². The minimum atomic E-state index is -1.16. The molecule has 0 aliphatic carbocycles. The fourth-order valence-corrected chi connectivity index (χ4v) is 7.35. The summed E-state index contributed by atoms with van der Waals surface area (Å²) in [6.07, 6.45) is 4.09. The Balaban J connectivity index is 0.000000213. The summed E-state index contributed by atoms with van der Waals surface area (Å²) in [6, 6.07) is 31.1. The quantitative estimate of drug-likeness (QED) is 0.0577. The molecule has 14 heteroatoms. The summed E-state index contributed by atoms with van der Waals surface area (Å²) in [7, 11) is 0. The molecule has 0 unspecified atom stereocenters. The number of aromatic hydroxyl groups is 1. The van der Waals surface area contributed by atoms with E-state index in [-0.39, 0.29) is 47.8 Å². The number of carbonyl (C=O) groups excluding carboxylic acids is 3. The van der Waals surface area contributed by atoms with Crippen molar-refractivity contribution in [3.8, 4) is 5.75 Å². The zero-order valence-corrected chi connectivity index (χ0v) is 33.6. The predicted molar refractivity (Wildman–Crippen MR) is 228 cm³/mol. The predicted octanol–water partition coefficient (Wildman–Crippen LogP) is 7.66. The SMILES string of the molecule is O=C(Cc1cccc(O)c1)Cc1ccc(C(=O)N[C@@H](Cc2c[nH]c3ccccc23)C(=O)O)c(Cl)c1.O=C(N[C@@H](Cc1c[nH]c2ccccc12)C(=O)O)c1ccccc1Br. The van der Waals surface area contributed by atoms with Gasteiger partial charge in [0.15, 0.2) is 0 Å². The summed E-state index contributed by atoms with van der Waals surface area (Å²) < 4.78 is 0.624. The van der Waals surface area contributed by atoms with Crippen LogP contribution in [0.15, 0.2) is 132 Å². The summed E-state index contributed by atoms with van der Waals surface area (Å²) in [5, 5.41) is 35.8. The Morgan fingerprint density at radius 2 is 1.12 bits per heavy atom. The molecule has 7 aromatic rings. The van der Waals surface area contributed by atoms with Gasteiger partial charge in [0.1, 0.15) is 23.6 Å². The van der Waals surface area contributed by atoms with Gasteiger partial charge in [0, 0.05) is 64.4 Å². The number of hydrogen-bond acceptors (Lipinski definition) is 6. The van der Waals surface area contributed by atoms with Crippen molar-refractivity contribution in [3.63, 3.8) is 0 Å². The number of carboxylic acid groups (broad SMARTS) is 2. The van der Waals surface area contributed by atoms with Crippen LogP contribution < -0.4 is 10.6 Å². The van der Waals surface area contributed by atoms with Gasteiger partial charge in [0.05, 0.1) is 16.1 Å². The van der Waals surface area contributed by atoms with Gasteiger partial charge in [-0.15, -0.1) is 0 Å². The lowest BCUT2D eigenvalue weighted by molar-refractivity contribution is -0.140. The molecule has 0 radical (unpaired) electrons. The van der Waals surface area contributed by atoms with E-state index in [1.54, 1.807) is 54.9 Å². The van der Waals surface area contributed by atoms with Gasteiger partial charge in [-0.25, -0.2) is 9.59 Å². The second-order valence-corrected chi connectivity index (χ2v) is 15.0. The maximum absolute atomic E-state index is 12.8. The second-order valence-electron chi connectivity index (χ2n) is 13.7. The third kappa shape index (κ3) is 10.8. The van der Waals surface area contributed by atoms with E-state index in [1.807, 2.05) is 48.5 Å². The molecule has 2 heterocycles. The normalized spacial score (nSPS) is 11.9. The third-order valence-corrected chi connectivity index (χ3v) is 10.5. The minimum Gasteiger partial charge on any atom is -0.508 e. The van der Waals surface area contributed by atoms with Gasteiger partial charge in [-0.1, -0.05) is 78.3 Å². The number of carbonyl (C=O) groups is 5. The fraction of sp³-hybridized carbons (Fsp3) is 0.133. The van der Waals surface area contributed by atoms with Crippen LogP contribution in [-0.2, 0) is 40.1 Å². The number of benzene rings is 5. The first-order valence-electron chi connectivity index (χ1n) is 18.4. The van der Waals surface area contributed by atoms with Crippen LogP contribution in [0.4, 0.5) is 0 Å². The molecule has 0 spiro atoms. The Morgan fingerprint density at radius 3 is 1.64 bits per heavy atom. The smallest absolute Gasteiger partial charge is 0.326 e. The summed E-state index contributed by atoms with van der Waals surface area (Å²) in [5.74, 6) is -3.24. The molecule has 2 atom stereocenters. The highest BCUT2D eigenvalue weighted by molar-refractivity contribution is 9.10. The molecule has 59 heavy (non-hydrogen) atoms. The van der Waals surface area contributed by atoms with Crippen molar-refractivity contribution in [2.45, 2.75) is 37.8 Å². The molecule has 7 N–H and O–H groups in total. The summed E-state index contributed by atoms with van der Waals surface area (Å²) in [6.45, 7) is 0. The van der Waals surface area contributed by atoms with Gasteiger partial charge in [0.25, 0.3) is 11.8 Å². The molecule has 0 saturated heterocycles. The topological polar surface area (TPSA) is 202 Å². The van der Waals surface area contributed by atoms with Crippen LogP contribution in [0, 0.1) is 0 Å². The zero-order chi connectivity index (χ0) is 42.1. The number of fused-ring (bicyclic) bond motifs is 2. The van der Waals surface area contributed by atoms with Crippen molar-refractivity contribution in [3.05, 3.63) is 171 Å². The standard InChI is InChI=1S/C27H23ClN2O5.C18H15BrN2O3/c28-23-13-17(12-20(32)11-16-4-3-5-19(31)10-16)8-9-22(23)26(33)30-25(27(34)35)14-18-15-29-24-7-2-1-6-21(18)24;19-14-7-3-1-6-13(14)17(22)21-16(18(23)24)9-11-10-20-15-8-4-2-5-12(11)15/h1-10,13,15,25,29,31H,11-12,14H2,(H,30,33)(H,34,35);1-8,10,16,20H,9H2,(H,21,22)(H,23,24)/t25-;16-/m00/s1. The molecule has 0 bridgehead atoms. The molecule has 0 fully saturated rings. The number of phenols is 1. The molecule has 2 aromatic heterocycles. The maximum Gasteiger partial charge on any atom is 0.326 e. The van der Waals surface area contributed by atoms with E-state index in [9.17, 15) is 39.3 Å². The minimum absolute atomic E-state index is 0.0754. The number of aromatic amines is 2. The first-order valence-corrected chi connectivity index (χ1v) is 19.5. The number of nitrogens with one attached hydrogen (secondary N) is 4. The van der Waals surface area contributed by atoms with Gasteiger partial charge >= 0.3 is 11.9 Å². The van der Waals surface area contributed by atoms with E-state index in [4.69, 9.17) is 11.6 Å². The number of rotatable bonds is 14.